The van der Waals surface area contributed by atoms with E-state index in [1.807, 2.05) is 27.7 Å². The minimum atomic E-state index is -4.01. The van der Waals surface area contributed by atoms with Crippen molar-refractivity contribution in [3.63, 3.8) is 0 Å². The average molecular weight is 527 g/mol. The Labute approximate surface area is 213 Å². The van der Waals surface area contributed by atoms with Crippen LogP contribution in [-0.4, -0.2) is 78.0 Å². The Balaban J connectivity index is 1.97. The van der Waals surface area contributed by atoms with Gasteiger partial charge in [0.05, 0.1) is 49.0 Å². The van der Waals surface area contributed by atoms with E-state index in [0.29, 0.717) is 11.5 Å². The van der Waals surface area contributed by atoms with Gasteiger partial charge in [0.25, 0.3) is 0 Å². The van der Waals surface area contributed by atoms with Gasteiger partial charge < -0.3 is 18.9 Å². The molecule has 1 aliphatic heterocycles. The summed E-state index contributed by atoms with van der Waals surface area (Å²) in [6.45, 7) is 9.60. The van der Waals surface area contributed by atoms with Gasteiger partial charge in [-0.25, -0.2) is 8.42 Å². The molecule has 2 unspecified atom stereocenters. The molecule has 0 bridgehead atoms. The Morgan fingerprint density at radius 3 is 2.33 bits per heavy atom. The first-order valence-corrected chi connectivity index (χ1v) is 13.7. The summed E-state index contributed by atoms with van der Waals surface area (Å²) >= 11 is 0. The molecule has 1 saturated heterocycles. The van der Waals surface area contributed by atoms with E-state index in [1.54, 1.807) is 38.1 Å². The molecule has 4 atom stereocenters. The molecular formula is C23H38N6O6S. The summed E-state index contributed by atoms with van der Waals surface area (Å²) < 4.78 is 54.4. The van der Waals surface area contributed by atoms with Crippen LogP contribution in [0.2, 0.25) is 0 Å². The molecule has 202 valence electrons. The van der Waals surface area contributed by atoms with Crippen LogP contribution in [0.3, 0.4) is 0 Å². The number of nitrogens with zero attached hydrogens (tertiary/aromatic N) is 5. The molecule has 0 aliphatic carbocycles. The van der Waals surface area contributed by atoms with Crippen molar-refractivity contribution in [1.82, 2.24) is 24.7 Å². The molecule has 0 radical (unpaired) electrons. The Morgan fingerprint density at radius 1 is 1.11 bits per heavy atom. The SMILES string of the molecule is COCC(COC)n1c(NS(=O)(=O)C(C)C(OC(C)C)c2cnc(C)cn2)nnc1[C@@H]1CC[C@H](C)O1. The number of aryl methyl sites for hydroxylation is 1. The van der Waals surface area contributed by atoms with Crippen LogP contribution in [0, 0.1) is 6.92 Å². The van der Waals surface area contributed by atoms with Crippen LogP contribution in [0.15, 0.2) is 12.4 Å². The van der Waals surface area contributed by atoms with Crippen LogP contribution in [0.5, 0.6) is 0 Å². The van der Waals surface area contributed by atoms with Gasteiger partial charge in [-0.15, -0.1) is 10.2 Å². The molecule has 2 aromatic heterocycles. The van der Waals surface area contributed by atoms with E-state index >= 15 is 0 Å². The minimum absolute atomic E-state index is 0.0670. The average Bonchev–Trinajstić information content (AvgIpc) is 3.43. The summed E-state index contributed by atoms with van der Waals surface area (Å²) in [5.41, 5.74) is 1.15. The second-order valence-electron chi connectivity index (χ2n) is 9.37. The zero-order valence-electron chi connectivity index (χ0n) is 22.0. The molecule has 1 N–H and O–H groups in total. The Kier molecular flexibility index (Phi) is 9.75. The molecule has 1 aliphatic rings. The lowest BCUT2D eigenvalue weighted by Crippen LogP contribution is -2.35. The van der Waals surface area contributed by atoms with Crippen molar-refractivity contribution in [2.45, 2.75) is 83.2 Å². The predicted octanol–water partition coefficient (Wildman–Crippen LogP) is 2.75. The van der Waals surface area contributed by atoms with Gasteiger partial charge in [-0.05, 0) is 47.5 Å². The van der Waals surface area contributed by atoms with Gasteiger partial charge in [0.1, 0.15) is 17.5 Å². The second-order valence-corrected chi connectivity index (χ2v) is 11.4. The zero-order valence-corrected chi connectivity index (χ0v) is 22.9. The standard InChI is InChI=1S/C23H38N6O6S/c1-14(2)34-21(19-11-24-15(3)10-25-19)17(5)36(30,31)28-23-27-26-22(20-9-8-16(4)35-20)29(23)18(12-32-6)13-33-7/h10-11,14,16-18,20-21H,8-9,12-13H2,1-7H3,(H,27,28)/t16-,17?,20-,21?/m0/s1. The van der Waals surface area contributed by atoms with E-state index in [-0.39, 0.29) is 43.5 Å². The topological polar surface area (TPSA) is 140 Å². The van der Waals surface area contributed by atoms with E-state index in [9.17, 15) is 8.42 Å². The minimum Gasteiger partial charge on any atom is -0.382 e. The molecule has 0 amide bonds. The molecule has 36 heavy (non-hydrogen) atoms. The Hall–Kier alpha value is -2.19. The molecule has 0 spiro atoms. The summed E-state index contributed by atoms with van der Waals surface area (Å²) in [5.74, 6) is 0.598. The molecule has 0 saturated carbocycles. The molecule has 3 heterocycles. The Bertz CT molecular complexity index is 1070. The number of hydrogen-bond acceptors (Lipinski definition) is 10. The van der Waals surface area contributed by atoms with Gasteiger partial charge in [-0.1, -0.05) is 0 Å². The number of rotatable bonds is 13. The normalized spacial score (nSPS) is 20.2. The number of aromatic nitrogens is 5. The zero-order chi connectivity index (χ0) is 26.5. The number of nitrogens with one attached hydrogen (secondary N) is 1. The van der Waals surface area contributed by atoms with Crippen LogP contribution in [0.25, 0.3) is 0 Å². The highest BCUT2D eigenvalue weighted by molar-refractivity contribution is 7.93. The molecule has 0 aromatic carbocycles. The van der Waals surface area contributed by atoms with Crippen molar-refractivity contribution < 1.29 is 27.4 Å². The number of anilines is 1. The van der Waals surface area contributed by atoms with Gasteiger partial charge in [0, 0.05) is 20.4 Å². The second kappa shape index (κ2) is 12.4. The maximum atomic E-state index is 13.6. The summed E-state index contributed by atoms with van der Waals surface area (Å²) in [6, 6.07) is -0.372. The smallest absolute Gasteiger partial charge is 0.240 e. The number of sulfonamides is 1. The predicted molar refractivity (Wildman–Crippen MR) is 133 cm³/mol. The van der Waals surface area contributed by atoms with Crippen molar-refractivity contribution in [3.8, 4) is 0 Å². The highest BCUT2D eigenvalue weighted by Gasteiger charge is 2.37. The number of ether oxygens (including phenoxy) is 4. The van der Waals surface area contributed by atoms with Crippen molar-refractivity contribution in [1.29, 1.82) is 0 Å². The van der Waals surface area contributed by atoms with Gasteiger partial charge in [-0.2, -0.15) is 0 Å². The highest BCUT2D eigenvalue weighted by atomic mass is 32.2. The van der Waals surface area contributed by atoms with Crippen LogP contribution in [0.4, 0.5) is 5.95 Å². The van der Waals surface area contributed by atoms with Crippen molar-refractivity contribution in [2.24, 2.45) is 0 Å². The fourth-order valence-electron chi connectivity index (χ4n) is 4.17. The van der Waals surface area contributed by atoms with E-state index < -0.39 is 21.4 Å². The number of methoxy groups -OCH3 is 2. The van der Waals surface area contributed by atoms with Crippen LogP contribution in [0.1, 0.15) is 76.0 Å². The van der Waals surface area contributed by atoms with Crippen molar-refractivity contribution in [2.75, 3.05) is 32.2 Å². The first kappa shape index (κ1) is 28.4. The first-order chi connectivity index (χ1) is 17.1. The number of hydrogen-bond donors (Lipinski definition) is 1. The largest absolute Gasteiger partial charge is 0.382 e. The van der Waals surface area contributed by atoms with E-state index in [2.05, 4.69) is 24.9 Å². The highest BCUT2D eigenvalue weighted by Crippen LogP contribution is 2.35. The molecule has 12 nitrogen and oxygen atoms in total. The van der Waals surface area contributed by atoms with Gasteiger partial charge in [-0.3, -0.25) is 19.3 Å². The lowest BCUT2D eigenvalue weighted by molar-refractivity contribution is 0.00393. The summed E-state index contributed by atoms with van der Waals surface area (Å²) in [6.07, 6.45) is 3.45. The van der Waals surface area contributed by atoms with Gasteiger partial charge >= 0.3 is 0 Å². The lowest BCUT2D eigenvalue weighted by Gasteiger charge is -2.27. The monoisotopic (exact) mass is 526 g/mol. The quantitative estimate of drug-likeness (QED) is 0.414. The van der Waals surface area contributed by atoms with Crippen molar-refractivity contribution >= 4 is 16.0 Å². The van der Waals surface area contributed by atoms with Gasteiger partial charge in [0.2, 0.25) is 16.0 Å². The molecule has 2 aromatic rings. The third-order valence-electron chi connectivity index (χ3n) is 5.99. The molecular weight excluding hydrogens is 488 g/mol. The van der Waals surface area contributed by atoms with Crippen LogP contribution >= 0.6 is 0 Å². The summed E-state index contributed by atoms with van der Waals surface area (Å²) in [4.78, 5) is 8.63. The summed E-state index contributed by atoms with van der Waals surface area (Å²) in [5, 5.41) is 7.51. The molecule has 1 fully saturated rings. The third kappa shape index (κ3) is 6.76. The van der Waals surface area contributed by atoms with E-state index in [1.165, 1.54) is 0 Å². The maximum absolute atomic E-state index is 13.6. The maximum Gasteiger partial charge on any atom is 0.240 e. The van der Waals surface area contributed by atoms with Crippen LogP contribution in [-0.2, 0) is 29.0 Å². The fourth-order valence-corrected chi connectivity index (χ4v) is 5.28. The van der Waals surface area contributed by atoms with Crippen LogP contribution < -0.4 is 4.72 Å². The van der Waals surface area contributed by atoms with E-state index in [0.717, 1.165) is 18.5 Å². The van der Waals surface area contributed by atoms with Crippen molar-refractivity contribution in [3.05, 3.63) is 29.6 Å². The Morgan fingerprint density at radius 2 is 1.81 bits per heavy atom. The van der Waals surface area contributed by atoms with Gasteiger partial charge in [0.15, 0.2) is 5.82 Å². The first-order valence-electron chi connectivity index (χ1n) is 12.1. The third-order valence-corrected chi connectivity index (χ3v) is 7.68. The lowest BCUT2D eigenvalue weighted by atomic mass is 10.2. The molecule has 3 rings (SSSR count). The summed E-state index contributed by atoms with van der Waals surface area (Å²) in [7, 11) is -0.867. The fraction of sp³-hybridized carbons (Fsp3) is 0.739. The molecule has 13 heteroatoms. The van der Waals surface area contributed by atoms with E-state index in [4.69, 9.17) is 18.9 Å².